The van der Waals surface area contributed by atoms with E-state index in [4.69, 9.17) is 4.74 Å². The zero-order chi connectivity index (χ0) is 17.8. The highest BCUT2D eigenvalue weighted by Gasteiger charge is 2.37. The molecule has 2 aliphatic heterocycles. The zero-order valence-electron chi connectivity index (χ0n) is 15.7. The Morgan fingerprint density at radius 1 is 1.24 bits per heavy atom. The number of carbonyl (C=O) groups is 1. The number of rotatable bonds is 4. The molecule has 1 aromatic rings. The van der Waals surface area contributed by atoms with Gasteiger partial charge in [-0.3, -0.25) is 14.4 Å². The van der Waals surface area contributed by atoms with Crippen LogP contribution in [0.4, 0.5) is 0 Å². The van der Waals surface area contributed by atoms with Gasteiger partial charge >= 0.3 is 0 Å². The van der Waals surface area contributed by atoms with E-state index in [-0.39, 0.29) is 18.1 Å². The summed E-state index contributed by atoms with van der Waals surface area (Å²) in [5.41, 5.74) is 1.07. The first-order valence-corrected chi connectivity index (χ1v) is 9.39. The SMILES string of the molecule is CCC(=O)N1CCO[C@@H](CN2CCCN(C)CC2)[C@@H]1c1cnn(C)c1. The summed E-state index contributed by atoms with van der Waals surface area (Å²) in [5, 5.41) is 4.32. The molecule has 2 atom stereocenters. The first-order valence-electron chi connectivity index (χ1n) is 9.39. The van der Waals surface area contributed by atoms with E-state index >= 15 is 0 Å². The first kappa shape index (κ1) is 18.4. The van der Waals surface area contributed by atoms with Gasteiger partial charge in [0.15, 0.2) is 0 Å². The second-order valence-corrected chi connectivity index (χ2v) is 7.20. The van der Waals surface area contributed by atoms with E-state index in [2.05, 4.69) is 21.9 Å². The monoisotopic (exact) mass is 349 g/mol. The van der Waals surface area contributed by atoms with E-state index < -0.39 is 0 Å². The van der Waals surface area contributed by atoms with Crippen molar-refractivity contribution in [1.82, 2.24) is 24.5 Å². The molecular weight excluding hydrogens is 318 g/mol. The summed E-state index contributed by atoms with van der Waals surface area (Å²) in [5.74, 6) is 0.192. The lowest BCUT2D eigenvalue weighted by atomic mass is 9.99. The molecule has 0 aliphatic carbocycles. The lowest BCUT2D eigenvalue weighted by molar-refractivity contribution is -0.148. The third kappa shape index (κ3) is 4.40. The van der Waals surface area contributed by atoms with E-state index in [0.717, 1.165) is 38.3 Å². The fourth-order valence-corrected chi connectivity index (χ4v) is 3.89. The largest absolute Gasteiger partial charge is 0.373 e. The van der Waals surface area contributed by atoms with Gasteiger partial charge in [-0.05, 0) is 26.6 Å². The van der Waals surface area contributed by atoms with Gasteiger partial charge in [-0.1, -0.05) is 6.92 Å². The number of hydrogen-bond acceptors (Lipinski definition) is 5. The van der Waals surface area contributed by atoms with Gasteiger partial charge < -0.3 is 14.5 Å². The van der Waals surface area contributed by atoms with Crippen molar-refractivity contribution in [3.8, 4) is 0 Å². The third-order valence-electron chi connectivity index (χ3n) is 5.29. The highest BCUT2D eigenvalue weighted by atomic mass is 16.5. The smallest absolute Gasteiger partial charge is 0.222 e. The van der Waals surface area contributed by atoms with Gasteiger partial charge in [-0.25, -0.2) is 0 Å². The Hall–Kier alpha value is -1.44. The predicted octanol–water partition coefficient (Wildman–Crippen LogP) is 0.736. The fraction of sp³-hybridized carbons (Fsp3) is 0.778. The molecule has 1 amide bonds. The first-order chi connectivity index (χ1) is 12.1. The standard InChI is InChI=1S/C18H31N5O2/c1-4-17(24)23-10-11-25-16(18(23)15-12-19-21(3)13-15)14-22-7-5-6-20(2)8-9-22/h12-13,16,18H,4-11,14H2,1-3H3/t16-,18-/m0/s1. The molecule has 2 saturated heterocycles. The van der Waals surface area contributed by atoms with Crippen LogP contribution in [-0.4, -0.2) is 89.4 Å². The van der Waals surface area contributed by atoms with Crippen molar-refractivity contribution in [1.29, 1.82) is 0 Å². The molecule has 140 valence electrons. The highest BCUT2D eigenvalue weighted by molar-refractivity contribution is 5.76. The Bertz CT molecular complexity index is 576. The minimum Gasteiger partial charge on any atom is -0.373 e. The summed E-state index contributed by atoms with van der Waals surface area (Å²) >= 11 is 0. The molecule has 2 aliphatic rings. The van der Waals surface area contributed by atoms with Gasteiger partial charge in [0.25, 0.3) is 0 Å². The number of nitrogens with zero attached hydrogens (tertiary/aromatic N) is 5. The highest BCUT2D eigenvalue weighted by Crippen LogP contribution is 2.30. The quantitative estimate of drug-likeness (QED) is 0.802. The van der Waals surface area contributed by atoms with Gasteiger partial charge in [-0.2, -0.15) is 5.10 Å². The van der Waals surface area contributed by atoms with Crippen LogP contribution in [0.3, 0.4) is 0 Å². The van der Waals surface area contributed by atoms with Crippen LogP contribution in [0.15, 0.2) is 12.4 Å². The normalized spacial score (nSPS) is 26.6. The predicted molar refractivity (Wildman–Crippen MR) is 96.2 cm³/mol. The molecule has 0 saturated carbocycles. The lowest BCUT2D eigenvalue weighted by Crippen LogP contribution is -2.52. The number of likely N-dealkylation sites (N-methyl/N-ethyl adjacent to an activating group) is 1. The van der Waals surface area contributed by atoms with Crippen molar-refractivity contribution in [2.24, 2.45) is 7.05 Å². The van der Waals surface area contributed by atoms with Crippen molar-refractivity contribution < 1.29 is 9.53 Å². The summed E-state index contributed by atoms with van der Waals surface area (Å²) < 4.78 is 7.97. The summed E-state index contributed by atoms with van der Waals surface area (Å²) in [6.45, 7) is 8.44. The number of hydrogen-bond donors (Lipinski definition) is 0. The summed E-state index contributed by atoms with van der Waals surface area (Å²) in [7, 11) is 4.10. The van der Waals surface area contributed by atoms with Crippen LogP contribution in [0, 0.1) is 0 Å². The van der Waals surface area contributed by atoms with Crippen molar-refractivity contribution >= 4 is 5.91 Å². The van der Waals surface area contributed by atoms with E-state index in [1.54, 1.807) is 4.68 Å². The molecular formula is C18H31N5O2. The average Bonchev–Trinajstić information content (AvgIpc) is 2.93. The van der Waals surface area contributed by atoms with Crippen LogP contribution >= 0.6 is 0 Å². The van der Waals surface area contributed by atoms with Crippen LogP contribution in [0.25, 0.3) is 0 Å². The molecule has 0 aromatic carbocycles. The van der Waals surface area contributed by atoms with Gasteiger partial charge in [0.2, 0.25) is 5.91 Å². The summed E-state index contributed by atoms with van der Waals surface area (Å²) in [4.78, 5) is 19.4. The molecule has 2 fully saturated rings. The average molecular weight is 349 g/mol. The molecule has 3 heterocycles. The number of ether oxygens (including phenoxy) is 1. The van der Waals surface area contributed by atoms with Crippen LogP contribution in [0.5, 0.6) is 0 Å². The molecule has 0 bridgehead atoms. The molecule has 7 nitrogen and oxygen atoms in total. The zero-order valence-corrected chi connectivity index (χ0v) is 15.7. The van der Waals surface area contributed by atoms with Gasteiger partial charge in [-0.15, -0.1) is 0 Å². The second-order valence-electron chi connectivity index (χ2n) is 7.20. The summed E-state index contributed by atoms with van der Waals surface area (Å²) in [6, 6.07) is -0.0455. The summed E-state index contributed by atoms with van der Waals surface area (Å²) in [6.07, 6.45) is 5.59. The van der Waals surface area contributed by atoms with Crippen LogP contribution in [0.2, 0.25) is 0 Å². The number of morpholine rings is 1. The lowest BCUT2D eigenvalue weighted by Gasteiger charge is -2.42. The number of carbonyl (C=O) groups excluding carboxylic acids is 1. The van der Waals surface area contributed by atoms with Crippen molar-refractivity contribution in [2.45, 2.75) is 31.9 Å². The molecule has 3 rings (SSSR count). The van der Waals surface area contributed by atoms with Crippen molar-refractivity contribution in [3.63, 3.8) is 0 Å². The molecule has 0 unspecified atom stereocenters. The number of aromatic nitrogens is 2. The van der Waals surface area contributed by atoms with Crippen LogP contribution < -0.4 is 0 Å². The molecule has 0 N–H and O–H groups in total. The number of amides is 1. The Kier molecular flexibility index (Phi) is 6.09. The minimum atomic E-state index is -0.0455. The van der Waals surface area contributed by atoms with Gasteiger partial charge in [0.1, 0.15) is 0 Å². The van der Waals surface area contributed by atoms with Crippen LogP contribution in [-0.2, 0) is 16.6 Å². The van der Waals surface area contributed by atoms with E-state index in [9.17, 15) is 4.79 Å². The van der Waals surface area contributed by atoms with Gasteiger partial charge in [0.05, 0.1) is 24.9 Å². The minimum absolute atomic E-state index is 0.00291. The third-order valence-corrected chi connectivity index (χ3v) is 5.29. The second kappa shape index (κ2) is 8.29. The fourth-order valence-electron chi connectivity index (χ4n) is 3.89. The van der Waals surface area contributed by atoms with Crippen LogP contribution in [0.1, 0.15) is 31.4 Å². The Labute approximate surface area is 150 Å². The van der Waals surface area contributed by atoms with E-state index in [0.29, 0.717) is 19.6 Å². The maximum atomic E-state index is 12.5. The Balaban J connectivity index is 1.78. The molecule has 25 heavy (non-hydrogen) atoms. The van der Waals surface area contributed by atoms with Crippen molar-refractivity contribution in [3.05, 3.63) is 18.0 Å². The Morgan fingerprint density at radius 2 is 2.08 bits per heavy atom. The molecule has 7 heteroatoms. The molecule has 1 aromatic heterocycles. The van der Waals surface area contributed by atoms with Crippen molar-refractivity contribution in [2.75, 3.05) is 52.9 Å². The van der Waals surface area contributed by atoms with E-state index in [1.165, 1.54) is 6.42 Å². The number of aryl methyl sites for hydroxylation is 1. The molecule has 0 radical (unpaired) electrons. The maximum Gasteiger partial charge on any atom is 0.222 e. The van der Waals surface area contributed by atoms with E-state index in [1.807, 2.05) is 31.3 Å². The Morgan fingerprint density at radius 3 is 2.80 bits per heavy atom. The van der Waals surface area contributed by atoms with Gasteiger partial charge in [0, 0.05) is 51.4 Å². The maximum absolute atomic E-state index is 12.5. The topological polar surface area (TPSA) is 53.8 Å². The molecule has 0 spiro atoms.